The minimum Gasteiger partial charge on any atom is -0.489 e. The van der Waals surface area contributed by atoms with Gasteiger partial charge in [0, 0.05) is 26.8 Å². The summed E-state index contributed by atoms with van der Waals surface area (Å²) in [4.78, 5) is 4.06. The van der Waals surface area contributed by atoms with Crippen LogP contribution in [0.3, 0.4) is 0 Å². The molecule has 0 saturated carbocycles. The molecule has 0 saturated heterocycles. The Morgan fingerprint density at radius 1 is 1.26 bits per heavy atom. The predicted molar refractivity (Wildman–Crippen MR) is 97.7 cm³/mol. The van der Waals surface area contributed by atoms with Gasteiger partial charge in [-0.15, -0.1) is 24.0 Å². The van der Waals surface area contributed by atoms with Crippen LogP contribution < -0.4 is 15.4 Å². The van der Waals surface area contributed by atoms with Crippen molar-refractivity contribution in [3.63, 3.8) is 0 Å². The first kappa shape index (κ1) is 21.8. The number of aliphatic imine (C=N–C) groups is 1. The third kappa shape index (κ3) is 8.31. The van der Waals surface area contributed by atoms with Crippen LogP contribution in [0, 0.1) is 11.6 Å². The van der Waals surface area contributed by atoms with Crippen LogP contribution in [-0.2, 0) is 4.74 Å². The van der Waals surface area contributed by atoms with Crippen molar-refractivity contribution in [2.75, 3.05) is 33.9 Å². The van der Waals surface area contributed by atoms with E-state index in [0.717, 1.165) is 12.1 Å². The lowest BCUT2D eigenvalue weighted by atomic mass is 10.1. The van der Waals surface area contributed by atoms with Crippen LogP contribution in [0.5, 0.6) is 5.75 Å². The molecule has 0 amide bonds. The van der Waals surface area contributed by atoms with Gasteiger partial charge in [-0.2, -0.15) is 0 Å². The Hall–Kier alpha value is -1.16. The molecule has 0 radical (unpaired) electrons. The summed E-state index contributed by atoms with van der Waals surface area (Å²) in [6.07, 6.45) is 0. The van der Waals surface area contributed by atoms with Crippen molar-refractivity contribution in [3.8, 4) is 5.75 Å². The Labute approximate surface area is 152 Å². The van der Waals surface area contributed by atoms with Gasteiger partial charge in [-0.25, -0.2) is 8.78 Å². The Morgan fingerprint density at radius 2 is 1.96 bits per heavy atom. The van der Waals surface area contributed by atoms with E-state index < -0.39 is 11.6 Å². The van der Waals surface area contributed by atoms with Crippen molar-refractivity contribution in [1.29, 1.82) is 0 Å². The van der Waals surface area contributed by atoms with Crippen LogP contribution in [0.1, 0.15) is 13.8 Å². The number of ether oxygens (including phenoxy) is 2. The first-order chi connectivity index (χ1) is 10.4. The maximum atomic E-state index is 13.4. The second-order valence-corrected chi connectivity index (χ2v) is 5.24. The van der Waals surface area contributed by atoms with Crippen LogP contribution in [0.4, 0.5) is 8.78 Å². The molecule has 0 fully saturated rings. The molecule has 5 nitrogen and oxygen atoms in total. The van der Waals surface area contributed by atoms with E-state index >= 15 is 0 Å². The number of hydrogen-bond donors (Lipinski definition) is 2. The summed E-state index contributed by atoms with van der Waals surface area (Å²) in [6, 6.07) is 3.20. The summed E-state index contributed by atoms with van der Waals surface area (Å²) in [6.45, 7) is 5.12. The van der Waals surface area contributed by atoms with E-state index in [1.165, 1.54) is 6.07 Å². The number of nitrogens with zero attached hydrogens (tertiary/aromatic N) is 1. The summed E-state index contributed by atoms with van der Waals surface area (Å²) in [5, 5.41) is 6.14. The average molecular weight is 443 g/mol. The smallest absolute Gasteiger partial charge is 0.191 e. The lowest BCUT2D eigenvalue weighted by molar-refractivity contribution is 0.0268. The third-order valence-corrected chi connectivity index (χ3v) is 3.00. The number of halogens is 3. The van der Waals surface area contributed by atoms with Gasteiger partial charge >= 0.3 is 0 Å². The maximum absolute atomic E-state index is 13.4. The van der Waals surface area contributed by atoms with Gasteiger partial charge in [-0.3, -0.25) is 4.99 Å². The maximum Gasteiger partial charge on any atom is 0.191 e. The molecule has 0 unspecified atom stereocenters. The fourth-order valence-corrected chi connectivity index (χ4v) is 1.51. The summed E-state index contributed by atoms with van der Waals surface area (Å²) in [5.41, 5.74) is -0.314. The van der Waals surface area contributed by atoms with Gasteiger partial charge in [-0.1, -0.05) is 0 Å². The minimum absolute atomic E-state index is 0. The highest BCUT2D eigenvalue weighted by atomic mass is 127. The summed E-state index contributed by atoms with van der Waals surface area (Å²) in [5.74, 6) is -0.738. The van der Waals surface area contributed by atoms with Crippen LogP contribution in [0.25, 0.3) is 0 Å². The first-order valence-electron chi connectivity index (χ1n) is 6.95. The zero-order chi connectivity index (χ0) is 16.6. The lowest BCUT2D eigenvalue weighted by Gasteiger charge is -2.24. The largest absolute Gasteiger partial charge is 0.489 e. The summed E-state index contributed by atoms with van der Waals surface area (Å²) in [7, 11) is 3.29. The third-order valence-electron chi connectivity index (χ3n) is 3.00. The van der Waals surface area contributed by atoms with E-state index in [0.29, 0.717) is 19.0 Å². The topological polar surface area (TPSA) is 54.9 Å². The molecule has 0 aliphatic heterocycles. The second kappa shape index (κ2) is 10.6. The van der Waals surface area contributed by atoms with Gasteiger partial charge in [-0.05, 0) is 26.0 Å². The van der Waals surface area contributed by atoms with Crippen LogP contribution in [-0.4, -0.2) is 45.4 Å². The molecule has 0 aliphatic carbocycles. The van der Waals surface area contributed by atoms with E-state index in [9.17, 15) is 8.78 Å². The Kier molecular flexibility index (Phi) is 10.1. The highest BCUT2D eigenvalue weighted by molar-refractivity contribution is 14.0. The van der Waals surface area contributed by atoms with Crippen molar-refractivity contribution in [2.24, 2.45) is 4.99 Å². The number of methoxy groups -OCH3 is 1. The molecule has 0 spiro atoms. The number of hydrogen-bond acceptors (Lipinski definition) is 3. The SMILES string of the molecule is CN=C(NCCOc1ccc(F)cc1F)NCC(C)(C)OC.I. The number of nitrogens with one attached hydrogen (secondary N) is 2. The molecular weight excluding hydrogens is 419 g/mol. The zero-order valence-electron chi connectivity index (χ0n) is 13.8. The summed E-state index contributed by atoms with van der Waals surface area (Å²) >= 11 is 0. The van der Waals surface area contributed by atoms with Gasteiger partial charge in [0.1, 0.15) is 12.4 Å². The lowest BCUT2D eigenvalue weighted by Crippen LogP contribution is -2.46. The van der Waals surface area contributed by atoms with Gasteiger partial charge in [0.2, 0.25) is 0 Å². The molecule has 0 aromatic heterocycles. The Balaban J connectivity index is 0.00000484. The van der Waals surface area contributed by atoms with E-state index in [-0.39, 0.29) is 41.9 Å². The Bertz CT molecular complexity index is 513. The molecular formula is C15H24F2IN3O2. The van der Waals surface area contributed by atoms with E-state index in [1.807, 2.05) is 13.8 Å². The fourth-order valence-electron chi connectivity index (χ4n) is 1.51. The predicted octanol–water partition coefficient (Wildman–Crippen LogP) is 2.55. The normalized spacial score (nSPS) is 11.7. The highest BCUT2D eigenvalue weighted by Gasteiger charge is 2.16. The van der Waals surface area contributed by atoms with Gasteiger partial charge in [0.05, 0.1) is 12.1 Å². The van der Waals surface area contributed by atoms with Crippen molar-refractivity contribution < 1.29 is 18.3 Å². The monoisotopic (exact) mass is 443 g/mol. The highest BCUT2D eigenvalue weighted by Crippen LogP contribution is 2.17. The minimum atomic E-state index is -0.718. The first-order valence-corrected chi connectivity index (χ1v) is 6.95. The van der Waals surface area contributed by atoms with Crippen LogP contribution in [0.2, 0.25) is 0 Å². The van der Waals surface area contributed by atoms with Gasteiger partial charge in [0.25, 0.3) is 0 Å². The molecule has 8 heteroatoms. The molecule has 2 N–H and O–H groups in total. The molecule has 0 heterocycles. The molecule has 0 atom stereocenters. The van der Waals surface area contributed by atoms with E-state index in [2.05, 4.69) is 15.6 Å². The van der Waals surface area contributed by atoms with Crippen molar-refractivity contribution in [3.05, 3.63) is 29.8 Å². The Morgan fingerprint density at radius 3 is 2.52 bits per heavy atom. The summed E-state index contributed by atoms with van der Waals surface area (Å²) < 4.78 is 36.7. The standard InChI is InChI=1S/C15H23F2N3O2.HI/c1-15(2,21-4)10-20-14(18-3)19-7-8-22-13-6-5-11(16)9-12(13)17;/h5-6,9H,7-8,10H2,1-4H3,(H2,18,19,20);1H. The molecule has 132 valence electrons. The van der Waals surface area contributed by atoms with Crippen LogP contribution >= 0.6 is 24.0 Å². The van der Waals surface area contributed by atoms with Crippen molar-refractivity contribution >= 4 is 29.9 Å². The molecule has 0 bridgehead atoms. The average Bonchev–Trinajstić information content (AvgIpc) is 2.48. The fraction of sp³-hybridized carbons (Fsp3) is 0.533. The quantitative estimate of drug-likeness (QED) is 0.295. The number of guanidine groups is 1. The second-order valence-electron chi connectivity index (χ2n) is 5.24. The molecule has 1 rings (SSSR count). The van der Waals surface area contributed by atoms with E-state index in [4.69, 9.17) is 9.47 Å². The zero-order valence-corrected chi connectivity index (χ0v) is 16.1. The molecule has 1 aromatic rings. The van der Waals surface area contributed by atoms with Gasteiger partial charge < -0.3 is 20.1 Å². The molecule has 1 aromatic carbocycles. The van der Waals surface area contributed by atoms with Crippen LogP contribution in [0.15, 0.2) is 23.2 Å². The van der Waals surface area contributed by atoms with Crippen molar-refractivity contribution in [1.82, 2.24) is 10.6 Å². The van der Waals surface area contributed by atoms with Crippen molar-refractivity contribution in [2.45, 2.75) is 19.4 Å². The number of benzene rings is 1. The molecule has 0 aliphatic rings. The number of rotatable bonds is 7. The van der Waals surface area contributed by atoms with Gasteiger partial charge in [0.15, 0.2) is 17.5 Å². The van der Waals surface area contributed by atoms with E-state index in [1.54, 1.807) is 14.2 Å². The molecule has 23 heavy (non-hydrogen) atoms.